The molecule has 17 heavy (non-hydrogen) atoms. The van der Waals surface area contributed by atoms with Crippen LogP contribution in [0, 0.1) is 6.92 Å². The normalized spacial score (nSPS) is 12.5. The average molecular weight is 254 g/mol. The van der Waals surface area contributed by atoms with Crippen LogP contribution in [0.1, 0.15) is 36.6 Å². The van der Waals surface area contributed by atoms with E-state index < -0.39 is 0 Å². The molecule has 0 bridgehead atoms. The topological polar surface area (TPSA) is 32.3 Å². The lowest BCUT2D eigenvalue weighted by Crippen LogP contribution is -2.38. The Labute approximate surface area is 108 Å². The van der Waals surface area contributed by atoms with E-state index in [1.165, 1.54) is 9.75 Å². The van der Waals surface area contributed by atoms with Crippen LogP contribution < -0.4 is 5.32 Å². The van der Waals surface area contributed by atoms with Gasteiger partial charge in [0.15, 0.2) is 0 Å². The van der Waals surface area contributed by atoms with Crippen molar-refractivity contribution in [2.45, 2.75) is 33.7 Å². The van der Waals surface area contributed by atoms with Crippen molar-refractivity contribution in [1.29, 1.82) is 0 Å². The van der Waals surface area contributed by atoms with E-state index in [1.807, 2.05) is 18.7 Å². The first kappa shape index (κ1) is 14.2. The summed E-state index contributed by atoms with van der Waals surface area (Å²) in [6, 6.07) is 4.48. The van der Waals surface area contributed by atoms with Crippen LogP contribution in [0.5, 0.6) is 0 Å². The van der Waals surface area contributed by atoms with Gasteiger partial charge in [-0.3, -0.25) is 4.79 Å². The lowest BCUT2D eigenvalue weighted by molar-refractivity contribution is -0.129. The molecule has 0 aliphatic carbocycles. The molecule has 0 fully saturated rings. The van der Waals surface area contributed by atoms with Gasteiger partial charge in [0.1, 0.15) is 0 Å². The summed E-state index contributed by atoms with van der Waals surface area (Å²) in [6.45, 7) is 10.2. The summed E-state index contributed by atoms with van der Waals surface area (Å²) in [5, 5.41) is 3.28. The molecule has 1 unspecified atom stereocenters. The summed E-state index contributed by atoms with van der Waals surface area (Å²) in [4.78, 5) is 16.3. The first-order valence-corrected chi connectivity index (χ1v) is 6.97. The number of hydrogen-bond donors (Lipinski definition) is 1. The van der Waals surface area contributed by atoms with Crippen molar-refractivity contribution in [3.8, 4) is 0 Å². The minimum atomic E-state index is 0.176. The number of nitrogens with zero attached hydrogens (tertiary/aromatic N) is 1. The van der Waals surface area contributed by atoms with Gasteiger partial charge < -0.3 is 10.2 Å². The highest BCUT2D eigenvalue weighted by atomic mass is 32.1. The molecular formula is C13H22N2OS. The third-order valence-corrected chi connectivity index (χ3v) is 4.05. The number of nitrogens with one attached hydrogen (secondary N) is 1. The molecule has 1 aromatic rings. The first-order valence-electron chi connectivity index (χ1n) is 6.16. The van der Waals surface area contributed by atoms with Crippen LogP contribution in [0.15, 0.2) is 12.1 Å². The van der Waals surface area contributed by atoms with E-state index in [2.05, 4.69) is 31.3 Å². The summed E-state index contributed by atoms with van der Waals surface area (Å²) in [7, 11) is 0. The monoisotopic (exact) mass is 254 g/mol. The predicted octanol–water partition coefficient (Wildman–Crippen LogP) is 2.58. The number of thiophene rings is 1. The summed E-state index contributed by atoms with van der Waals surface area (Å²) >= 11 is 1.78. The van der Waals surface area contributed by atoms with Crippen molar-refractivity contribution in [3.63, 3.8) is 0 Å². The van der Waals surface area contributed by atoms with Crippen molar-refractivity contribution in [2.24, 2.45) is 0 Å². The van der Waals surface area contributed by atoms with Gasteiger partial charge in [0.2, 0.25) is 5.91 Å². The van der Waals surface area contributed by atoms with Crippen molar-refractivity contribution >= 4 is 17.2 Å². The Morgan fingerprint density at radius 2 is 2.06 bits per heavy atom. The zero-order valence-corrected chi connectivity index (χ0v) is 11.9. The van der Waals surface area contributed by atoms with Crippen molar-refractivity contribution in [3.05, 3.63) is 21.9 Å². The molecule has 1 rings (SSSR count). The molecule has 1 amide bonds. The number of carbonyl (C=O) groups is 1. The summed E-state index contributed by atoms with van der Waals surface area (Å²) < 4.78 is 0. The maximum atomic E-state index is 11.8. The molecule has 96 valence electrons. The van der Waals surface area contributed by atoms with E-state index in [9.17, 15) is 4.79 Å². The zero-order chi connectivity index (χ0) is 12.8. The third kappa shape index (κ3) is 4.13. The highest BCUT2D eigenvalue weighted by Gasteiger charge is 2.12. The van der Waals surface area contributed by atoms with Gasteiger partial charge in [-0.05, 0) is 39.8 Å². The van der Waals surface area contributed by atoms with Crippen molar-refractivity contribution in [2.75, 3.05) is 19.6 Å². The Morgan fingerprint density at radius 1 is 1.41 bits per heavy atom. The predicted molar refractivity (Wildman–Crippen MR) is 73.4 cm³/mol. The molecule has 1 atom stereocenters. The number of aryl methyl sites for hydroxylation is 1. The number of hydrogen-bond acceptors (Lipinski definition) is 3. The highest BCUT2D eigenvalue weighted by Crippen LogP contribution is 2.21. The van der Waals surface area contributed by atoms with Crippen molar-refractivity contribution < 1.29 is 4.79 Å². The fraction of sp³-hybridized carbons (Fsp3) is 0.615. The van der Waals surface area contributed by atoms with E-state index in [0.717, 1.165) is 13.1 Å². The van der Waals surface area contributed by atoms with Crippen LogP contribution in [0.2, 0.25) is 0 Å². The van der Waals surface area contributed by atoms with Gasteiger partial charge in [-0.1, -0.05) is 0 Å². The molecule has 1 heterocycles. The third-order valence-electron chi connectivity index (χ3n) is 2.86. The molecule has 1 N–H and O–H groups in total. The lowest BCUT2D eigenvalue weighted by atomic mass is 10.2. The number of amides is 1. The second kappa shape index (κ2) is 6.77. The van der Waals surface area contributed by atoms with Gasteiger partial charge in [-0.15, -0.1) is 11.3 Å². The molecule has 1 aromatic heterocycles. The summed E-state index contributed by atoms with van der Waals surface area (Å²) in [5.74, 6) is 0.176. The molecule has 0 radical (unpaired) electrons. The number of likely N-dealkylation sites (N-methyl/N-ethyl adjacent to an activating group) is 1. The van der Waals surface area contributed by atoms with Crippen LogP contribution in [0.4, 0.5) is 0 Å². The number of carbonyl (C=O) groups excluding carboxylic acids is 1. The smallest absolute Gasteiger partial charge is 0.236 e. The van der Waals surface area contributed by atoms with Gasteiger partial charge in [0.05, 0.1) is 6.54 Å². The van der Waals surface area contributed by atoms with Gasteiger partial charge in [-0.25, -0.2) is 0 Å². The van der Waals surface area contributed by atoms with E-state index in [-0.39, 0.29) is 11.9 Å². The molecule has 0 spiro atoms. The molecule has 0 saturated carbocycles. The quantitative estimate of drug-likeness (QED) is 0.846. The second-order valence-electron chi connectivity index (χ2n) is 4.12. The minimum absolute atomic E-state index is 0.176. The molecule has 0 aliphatic heterocycles. The van der Waals surface area contributed by atoms with Crippen LogP contribution in [-0.2, 0) is 4.79 Å². The van der Waals surface area contributed by atoms with Gasteiger partial charge >= 0.3 is 0 Å². The maximum Gasteiger partial charge on any atom is 0.236 e. The first-order chi connectivity index (χ1) is 8.08. The van der Waals surface area contributed by atoms with Crippen LogP contribution in [0.3, 0.4) is 0 Å². The Bertz CT molecular complexity index is 358. The summed E-state index contributed by atoms with van der Waals surface area (Å²) in [6.07, 6.45) is 0. The molecule has 3 nitrogen and oxygen atoms in total. The molecule has 4 heteroatoms. The number of rotatable bonds is 6. The van der Waals surface area contributed by atoms with Gasteiger partial charge in [0.25, 0.3) is 0 Å². The van der Waals surface area contributed by atoms with Crippen LogP contribution in [0.25, 0.3) is 0 Å². The maximum absolute atomic E-state index is 11.8. The SMILES string of the molecule is CCN(CC)C(=O)CNC(C)c1ccc(C)s1. The molecule has 0 saturated heterocycles. The van der Waals surface area contributed by atoms with Gasteiger partial charge in [-0.2, -0.15) is 0 Å². The van der Waals surface area contributed by atoms with E-state index in [0.29, 0.717) is 6.54 Å². The Balaban J connectivity index is 2.43. The van der Waals surface area contributed by atoms with E-state index >= 15 is 0 Å². The fourth-order valence-corrected chi connectivity index (χ4v) is 2.62. The zero-order valence-electron chi connectivity index (χ0n) is 11.1. The van der Waals surface area contributed by atoms with E-state index in [1.54, 1.807) is 11.3 Å². The highest BCUT2D eigenvalue weighted by molar-refractivity contribution is 7.12. The van der Waals surface area contributed by atoms with E-state index in [4.69, 9.17) is 0 Å². The summed E-state index contributed by atoms with van der Waals surface area (Å²) in [5.41, 5.74) is 0. The van der Waals surface area contributed by atoms with Crippen molar-refractivity contribution in [1.82, 2.24) is 10.2 Å². The van der Waals surface area contributed by atoms with Crippen LogP contribution in [-0.4, -0.2) is 30.4 Å². The fourth-order valence-electron chi connectivity index (χ4n) is 1.72. The Hall–Kier alpha value is -0.870. The Morgan fingerprint density at radius 3 is 2.53 bits per heavy atom. The lowest BCUT2D eigenvalue weighted by Gasteiger charge is -2.20. The largest absolute Gasteiger partial charge is 0.342 e. The van der Waals surface area contributed by atoms with Gasteiger partial charge in [0, 0.05) is 28.9 Å². The average Bonchev–Trinajstić information content (AvgIpc) is 2.74. The minimum Gasteiger partial charge on any atom is -0.342 e. The molecular weight excluding hydrogens is 232 g/mol. The molecule has 0 aliphatic rings. The molecule has 0 aromatic carbocycles. The van der Waals surface area contributed by atoms with Crippen LogP contribution >= 0.6 is 11.3 Å². The Kier molecular flexibility index (Phi) is 5.65. The second-order valence-corrected chi connectivity index (χ2v) is 5.44. The standard InChI is InChI=1S/C13H22N2OS/c1-5-15(6-2)13(16)9-14-11(4)12-8-7-10(3)17-12/h7-8,11,14H,5-6,9H2,1-4H3.